The molecule has 4 rings (SSSR count). The third kappa shape index (κ3) is 4.84. The van der Waals surface area contributed by atoms with Gasteiger partial charge in [-0.1, -0.05) is 30.3 Å². The van der Waals surface area contributed by atoms with Gasteiger partial charge in [0.2, 0.25) is 0 Å². The summed E-state index contributed by atoms with van der Waals surface area (Å²) in [6.45, 7) is 7.97. The van der Waals surface area contributed by atoms with Gasteiger partial charge in [-0.15, -0.1) is 0 Å². The zero-order chi connectivity index (χ0) is 23.6. The molecule has 0 bridgehead atoms. The largest absolute Gasteiger partial charge is 0.492 e. The predicted octanol–water partition coefficient (Wildman–Crippen LogP) is 2.59. The van der Waals surface area contributed by atoms with Gasteiger partial charge in [0.25, 0.3) is 5.56 Å². The molecule has 1 aromatic carbocycles. The van der Waals surface area contributed by atoms with Crippen LogP contribution in [0.1, 0.15) is 39.0 Å². The Bertz CT molecular complexity index is 1220. The van der Waals surface area contributed by atoms with Crippen LogP contribution in [0, 0.1) is 0 Å². The van der Waals surface area contributed by atoms with Crippen molar-refractivity contribution in [2.75, 3.05) is 6.54 Å². The Morgan fingerprint density at radius 1 is 1.18 bits per heavy atom. The number of H-pyrrole nitrogens is 2. The lowest BCUT2D eigenvalue weighted by molar-refractivity contribution is 0.00578. The van der Waals surface area contributed by atoms with E-state index >= 15 is 0 Å². The molecule has 0 radical (unpaired) electrons. The van der Waals surface area contributed by atoms with Crippen molar-refractivity contribution < 1.29 is 18.8 Å². The van der Waals surface area contributed by atoms with Gasteiger partial charge in [0.1, 0.15) is 12.0 Å². The SMILES string of the molecule is CC1(C)OB(C(=Cc2[nH]nc3nc[nH]c(=O)c23)CNC(=O)OCc2ccccc2)OC1(C)C. The van der Waals surface area contributed by atoms with Gasteiger partial charge in [-0.3, -0.25) is 9.89 Å². The van der Waals surface area contributed by atoms with Gasteiger partial charge in [-0.25, -0.2) is 9.78 Å². The van der Waals surface area contributed by atoms with Crippen molar-refractivity contribution in [1.29, 1.82) is 0 Å². The Labute approximate surface area is 190 Å². The third-order valence-electron chi connectivity index (χ3n) is 5.92. The summed E-state index contributed by atoms with van der Waals surface area (Å²) in [6.07, 6.45) is 2.39. The summed E-state index contributed by atoms with van der Waals surface area (Å²) in [5, 5.41) is 9.94. The Morgan fingerprint density at radius 3 is 2.58 bits per heavy atom. The zero-order valence-corrected chi connectivity index (χ0v) is 19.0. The number of nitrogens with zero attached hydrogens (tertiary/aromatic N) is 2. The molecule has 3 aromatic rings. The summed E-state index contributed by atoms with van der Waals surface area (Å²) in [5.74, 6) is 0. The van der Waals surface area contributed by atoms with Crippen LogP contribution >= 0.6 is 0 Å². The number of carbonyl (C=O) groups is 1. The molecule has 0 aliphatic carbocycles. The van der Waals surface area contributed by atoms with Crippen molar-refractivity contribution in [1.82, 2.24) is 25.5 Å². The number of aromatic nitrogens is 4. The Morgan fingerprint density at radius 2 is 1.88 bits per heavy atom. The van der Waals surface area contributed by atoms with Gasteiger partial charge >= 0.3 is 13.2 Å². The van der Waals surface area contributed by atoms with E-state index in [4.69, 9.17) is 14.0 Å². The lowest BCUT2D eigenvalue weighted by Gasteiger charge is -2.32. The maximum Gasteiger partial charge on any atom is 0.492 e. The number of alkyl carbamates (subject to hydrolysis) is 1. The predicted molar refractivity (Wildman–Crippen MR) is 123 cm³/mol. The fourth-order valence-corrected chi connectivity index (χ4v) is 3.32. The van der Waals surface area contributed by atoms with E-state index in [9.17, 15) is 9.59 Å². The van der Waals surface area contributed by atoms with Crippen LogP contribution in [0.2, 0.25) is 0 Å². The molecule has 1 fully saturated rings. The van der Waals surface area contributed by atoms with Crippen LogP contribution in [0.4, 0.5) is 4.79 Å². The fourth-order valence-electron chi connectivity index (χ4n) is 3.32. The van der Waals surface area contributed by atoms with Gasteiger partial charge in [-0.05, 0) is 44.8 Å². The summed E-state index contributed by atoms with van der Waals surface area (Å²) >= 11 is 0. The minimum atomic E-state index is -0.751. The first-order chi connectivity index (χ1) is 15.7. The molecule has 2 aromatic heterocycles. The molecular formula is C22H26BN5O5. The first-order valence-corrected chi connectivity index (χ1v) is 10.6. The van der Waals surface area contributed by atoms with E-state index < -0.39 is 24.4 Å². The Hall–Kier alpha value is -3.44. The highest BCUT2D eigenvalue weighted by molar-refractivity contribution is 6.56. The lowest BCUT2D eigenvalue weighted by Crippen LogP contribution is -2.41. The van der Waals surface area contributed by atoms with Crippen molar-refractivity contribution >= 4 is 30.3 Å². The highest BCUT2D eigenvalue weighted by Crippen LogP contribution is 2.38. The van der Waals surface area contributed by atoms with E-state index in [1.54, 1.807) is 6.08 Å². The minimum absolute atomic E-state index is 0.0725. The zero-order valence-electron chi connectivity index (χ0n) is 19.0. The van der Waals surface area contributed by atoms with Crippen LogP contribution in [-0.4, -0.2) is 51.1 Å². The van der Waals surface area contributed by atoms with E-state index in [2.05, 4.69) is 25.5 Å². The molecule has 1 aliphatic rings. The first-order valence-electron chi connectivity index (χ1n) is 10.6. The second kappa shape index (κ2) is 8.83. The molecule has 0 saturated carbocycles. The molecule has 1 saturated heterocycles. The van der Waals surface area contributed by atoms with Crippen LogP contribution in [0.25, 0.3) is 17.1 Å². The van der Waals surface area contributed by atoms with Gasteiger partial charge < -0.3 is 24.3 Å². The van der Waals surface area contributed by atoms with Gasteiger partial charge in [0, 0.05) is 6.54 Å². The molecule has 1 amide bonds. The van der Waals surface area contributed by atoms with Crippen molar-refractivity contribution in [3.8, 4) is 0 Å². The van der Waals surface area contributed by atoms with E-state index in [-0.39, 0.29) is 24.4 Å². The summed E-state index contributed by atoms with van der Waals surface area (Å²) in [7, 11) is -0.751. The van der Waals surface area contributed by atoms with Crippen molar-refractivity contribution in [3.63, 3.8) is 0 Å². The van der Waals surface area contributed by atoms with E-state index in [0.717, 1.165) is 5.56 Å². The molecule has 11 heteroatoms. The first kappa shape index (κ1) is 22.7. The summed E-state index contributed by atoms with van der Waals surface area (Å²) in [5.41, 5.74) is 0.684. The number of ether oxygens (including phenoxy) is 1. The average Bonchev–Trinajstić information content (AvgIpc) is 3.28. The molecule has 3 N–H and O–H groups in total. The number of carbonyl (C=O) groups excluding carboxylic acids is 1. The Kier molecular flexibility index (Phi) is 6.09. The van der Waals surface area contributed by atoms with E-state index in [1.807, 2.05) is 58.0 Å². The normalized spacial score (nSPS) is 17.3. The number of rotatable bonds is 6. The quantitative estimate of drug-likeness (QED) is 0.491. The van der Waals surface area contributed by atoms with Gasteiger partial charge in [0.15, 0.2) is 5.65 Å². The maximum atomic E-state index is 12.3. The third-order valence-corrected chi connectivity index (χ3v) is 5.92. The van der Waals surface area contributed by atoms with Crippen LogP contribution in [0.3, 0.4) is 0 Å². The molecular weight excluding hydrogens is 425 g/mol. The number of fused-ring (bicyclic) bond motifs is 1. The molecule has 10 nitrogen and oxygen atoms in total. The number of benzene rings is 1. The van der Waals surface area contributed by atoms with Crippen molar-refractivity contribution in [3.05, 3.63) is 63.7 Å². The Balaban J connectivity index is 1.56. The lowest BCUT2D eigenvalue weighted by atomic mass is 9.77. The van der Waals surface area contributed by atoms with Crippen molar-refractivity contribution in [2.24, 2.45) is 0 Å². The highest BCUT2D eigenvalue weighted by Gasteiger charge is 2.52. The molecule has 0 unspecified atom stereocenters. The highest BCUT2D eigenvalue weighted by atomic mass is 16.7. The van der Waals surface area contributed by atoms with Gasteiger partial charge in [0.05, 0.1) is 23.2 Å². The standard InChI is InChI=1S/C22H26BN5O5/c1-21(2)22(3,4)33-23(32-21)15(10-16-17-18(28-27-16)25-13-26-19(17)29)11-24-20(30)31-12-14-8-6-5-7-9-14/h5-10,13H,11-12H2,1-4H3,(H,24,30)(H2,25,26,27,28,29). The number of hydrogen-bond donors (Lipinski definition) is 3. The van der Waals surface area contributed by atoms with Gasteiger partial charge in [-0.2, -0.15) is 5.10 Å². The second-order valence-electron chi connectivity index (χ2n) is 8.79. The average molecular weight is 451 g/mol. The van der Waals surface area contributed by atoms with Crippen LogP contribution < -0.4 is 10.9 Å². The second-order valence-corrected chi connectivity index (χ2v) is 8.79. The van der Waals surface area contributed by atoms with Crippen LogP contribution in [0.5, 0.6) is 0 Å². The number of amides is 1. The minimum Gasteiger partial charge on any atom is -0.445 e. The molecule has 0 atom stereocenters. The van der Waals surface area contributed by atoms with E-state index in [1.165, 1.54) is 6.33 Å². The maximum absolute atomic E-state index is 12.3. The van der Waals surface area contributed by atoms with Crippen molar-refractivity contribution in [2.45, 2.75) is 45.5 Å². The number of aromatic amines is 2. The van der Waals surface area contributed by atoms with Crippen LogP contribution in [-0.2, 0) is 20.7 Å². The molecule has 3 heterocycles. The number of nitrogens with one attached hydrogen (secondary N) is 3. The monoisotopic (exact) mass is 451 g/mol. The summed E-state index contributed by atoms with van der Waals surface area (Å²) < 4.78 is 17.6. The molecule has 1 aliphatic heterocycles. The summed E-state index contributed by atoms with van der Waals surface area (Å²) in [4.78, 5) is 31.3. The summed E-state index contributed by atoms with van der Waals surface area (Å²) in [6, 6.07) is 9.39. The number of hydrogen-bond acceptors (Lipinski definition) is 7. The molecule has 33 heavy (non-hydrogen) atoms. The fraction of sp³-hybridized carbons (Fsp3) is 0.364. The van der Waals surface area contributed by atoms with Crippen LogP contribution in [0.15, 0.2) is 46.9 Å². The smallest absolute Gasteiger partial charge is 0.445 e. The molecule has 172 valence electrons. The topological polar surface area (TPSA) is 131 Å². The van der Waals surface area contributed by atoms with E-state index in [0.29, 0.717) is 16.6 Å². The molecule has 0 spiro atoms.